The number of thiazole rings is 1. The van der Waals surface area contributed by atoms with Crippen molar-refractivity contribution in [3.8, 4) is 0 Å². The molecule has 1 fully saturated rings. The largest absolute Gasteiger partial charge is 0.361 e. The minimum absolute atomic E-state index is 0.872. The molecule has 0 bridgehead atoms. The van der Waals surface area contributed by atoms with Gasteiger partial charge in [-0.2, -0.15) is 0 Å². The summed E-state index contributed by atoms with van der Waals surface area (Å²) in [6, 6.07) is 0. The quantitative estimate of drug-likeness (QED) is 0.842. The van der Waals surface area contributed by atoms with Gasteiger partial charge in [-0.15, -0.1) is 11.3 Å². The average molecular weight is 224 g/mol. The van der Waals surface area contributed by atoms with E-state index < -0.39 is 0 Å². The summed E-state index contributed by atoms with van der Waals surface area (Å²) < 4.78 is 0. The van der Waals surface area contributed by atoms with Crippen molar-refractivity contribution in [3.63, 3.8) is 0 Å². The fourth-order valence-electron chi connectivity index (χ4n) is 2.39. The highest BCUT2D eigenvalue weighted by Crippen LogP contribution is 2.30. The lowest BCUT2D eigenvalue weighted by atomic mass is 9.81. The van der Waals surface area contributed by atoms with Gasteiger partial charge < -0.3 is 5.32 Å². The summed E-state index contributed by atoms with van der Waals surface area (Å²) >= 11 is 1.69. The van der Waals surface area contributed by atoms with E-state index in [0.29, 0.717) is 0 Å². The van der Waals surface area contributed by atoms with E-state index in [1.807, 2.05) is 11.6 Å². The molecule has 0 aromatic carbocycles. The number of nitrogens with zero attached hydrogens (tertiary/aromatic N) is 1. The van der Waals surface area contributed by atoms with Gasteiger partial charge in [-0.05, 0) is 24.7 Å². The molecule has 2 nitrogen and oxygen atoms in total. The van der Waals surface area contributed by atoms with E-state index in [2.05, 4.69) is 17.2 Å². The Hall–Kier alpha value is -0.570. The number of rotatable bonds is 4. The van der Waals surface area contributed by atoms with E-state index in [9.17, 15) is 0 Å². The molecule has 1 aromatic heterocycles. The molecule has 1 saturated carbocycles. The molecule has 0 unspecified atom stereocenters. The Morgan fingerprint density at radius 2 is 2.07 bits per heavy atom. The molecular formula is C12H20N2S. The van der Waals surface area contributed by atoms with Gasteiger partial charge >= 0.3 is 0 Å². The maximum Gasteiger partial charge on any atom is 0.182 e. The molecule has 1 heterocycles. The first-order chi connectivity index (χ1) is 7.38. The van der Waals surface area contributed by atoms with Crippen molar-refractivity contribution < 1.29 is 0 Å². The molecule has 1 N–H and O–H groups in total. The zero-order valence-corrected chi connectivity index (χ0v) is 10.2. The zero-order chi connectivity index (χ0) is 10.5. The van der Waals surface area contributed by atoms with Crippen molar-refractivity contribution in [2.45, 2.75) is 39.0 Å². The van der Waals surface area contributed by atoms with Gasteiger partial charge in [0.1, 0.15) is 0 Å². The van der Waals surface area contributed by atoms with Gasteiger partial charge in [-0.3, -0.25) is 0 Å². The molecule has 84 valence electrons. The van der Waals surface area contributed by atoms with Gasteiger partial charge in [0.15, 0.2) is 5.13 Å². The van der Waals surface area contributed by atoms with Gasteiger partial charge in [0.05, 0.1) is 0 Å². The Morgan fingerprint density at radius 3 is 2.67 bits per heavy atom. The van der Waals surface area contributed by atoms with E-state index in [1.54, 1.807) is 11.3 Å². The lowest BCUT2D eigenvalue weighted by Gasteiger charge is -2.27. The fraction of sp³-hybridized carbons (Fsp3) is 0.750. The summed E-state index contributed by atoms with van der Waals surface area (Å²) in [7, 11) is 0. The third-order valence-corrected chi connectivity index (χ3v) is 4.25. The standard InChI is InChI=1S/C12H20N2S/c1-2-10-3-5-11(6-4-10)9-14-12-13-7-8-15-12/h7-8,10-11H,2-6,9H2,1H3,(H,13,14). The van der Waals surface area contributed by atoms with Crippen LogP contribution in [-0.4, -0.2) is 11.5 Å². The van der Waals surface area contributed by atoms with Crippen LogP contribution in [0.15, 0.2) is 11.6 Å². The summed E-state index contributed by atoms with van der Waals surface area (Å²) in [5.41, 5.74) is 0. The summed E-state index contributed by atoms with van der Waals surface area (Å²) in [4.78, 5) is 4.24. The number of hydrogen-bond acceptors (Lipinski definition) is 3. The zero-order valence-electron chi connectivity index (χ0n) is 9.41. The fourth-order valence-corrected chi connectivity index (χ4v) is 2.93. The summed E-state index contributed by atoms with van der Waals surface area (Å²) in [6.07, 6.45) is 8.89. The maximum atomic E-state index is 4.24. The first kappa shape index (κ1) is 10.9. The minimum atomic E-state index is 0.872. The molecule has 15 heavy (non-hydrogen) atoms. The van der Waals surface area contributed by atoms with Crippen LogP contribution in [0, 0.1) is 11.8 Å². The molecule has 2 rings (SSSR count). The van der Waals surface area contributed by atoms with E-state index >= 15 is 0 Å². The molecule has 3 heteroatoms. The second kappa shape index (κ2) is 5.50. The van der Waals surface area contributed by atoms with Crippen molar-refractivity contribution in [3.05, 3.63) is 11.6 Å². The minimum Gasteiger partial charge on any atom is -0.361 e. The van der Waals surface area contributed by atoms with Crippen molar-refractivity contribution in [2.75, 3.05) is 11.9 Å². The van der Waals surface area contributed by atoms with Crippen LogP contribution in [0.3, 0.4) is 0 Å². The summed E-state index contributed by atoms with van der Waals surface area (Å²) in [5, 5.41) is 6.54. The van der Waals surface area contributed by atoms with Crippen LogP contribution < -0.4 is 5.32 Å². The second-order valence-corrected chi connectivity index (χ2v) is 5.41. The second-order valence-electron chi connectivity index (χ2n) is 4.51. The normalized spacial score (nSPS) is 26.5. The van der Waals surface area contributed by atoms with Crippen LogP contribution in [0.1, 0.15) is 39.0 Å². The highest BCUT2D eigenvalue weighted by molar-refractivity contribution is 7.13. The predicted molar refractivity (Wildman–Crippen MR) is 66.3 cm³/mol. The summed E-state index contributed by atoms with van der Waals surface area (Å²) in [5.74, 6) is 1.87. The lowest BCUT2D eigenvalue weighted by Crippen LogP contribution is -2.20. The molecule has 0 aliphatic heterocycles. The third kappa shape index (κ3) is 3.20. The van der Waals surface area contributed by atoms with Gasteiger partial charge in [0.25, 0.3) is 0 Å². The summed E-state index contributed by atoms with van der Waals surface area (Å²) in [6.45, 7) is 3.43. The number of anilines is 1. The van der Waals surface area contributed by atoms with Gasteiger partial charge in [-0.1, -0.05) is 26.2 Å². The number of hydrogen-bond donors (Lipinski definition) is 1. The van der Waals surface area contributed by atoms with Crippen LogP contribution in [-0.2, 0) is 0 Å². The first-order valence-corrected chi connectivity index (χ1v) is 6.89. The Bertz CT molecular complexity index is 263. The van der Waals surface area contributed by atoms with Crippen LogP contribution in [0.2, 0.25) is 0 Å². The van der Waals surface area contributed by atoms with E-state index in [1.165, 1.54) is 32.1 Å². The SMILES string of the molecule is CCC1CCC(CNc2nccs2)CC1. The Morgan fingerprint density at radius 1 is 1.33 bits per heavy atom. The molecule has 1 aliphatic rings. The smallest absolute Gasteiger partial charge is 0.182 e. The molecule has 0 amide bonds. The monoisotopic (exact) mass is 224 g/mol. The van der Waals surface area contributed by atoms with Gasteiger partial charge in [-0.25, -0.2) is 4.98 Å². The van der Waals surface area contributed by atoms with Gasteiger partial charge in [0.2, 0.25) is 0 Å². The lowest BCUT2D eigenvalue weighted by molar-refractivity contribution is 0.278. The Labute approximate surface area is 96.1 Å². The third-order valence-electron chi connectivity index (χ3n) is 3.52. The molecule has 1 aliphatic carbocycles. The molecule has 0 radical (unpaired) electrons. The molecule has 1 aromatic rings. The van der Waals surface area contributed by atoms with Gasteiger partial charge in [0, 0.05) is 18.1 Å². The maximum absolute atomic E-state index is 4.24. The van der Waals surface area contributed by atoms with E-state index in [-0.39, 0.29) is 0 Å². The van der Waals surface area contributed by atoms with Crippen LogP contribution in [0.4, 0.5) is 5.13 Å². The Kier molecular flexibility index (Phi) is 4.01. The van der Waals surface area contributed by atoms with E-state index in [0.717, 1.165) is 23.5 Å². The predicted octanol–water partition coefficient (Wildman–Crippen LogP) is 3.77. The van der Waals surface area contributed by atoms with Crippen LogP contribution in [0.5, 0.6) is 0 Å². The highest BCUT2D eigenvalue weighted by atomic mass is 32.1. The molecule has 0 saturated heterocycles. The number of nitrogens with one attached hydrogen (secondary N) is 1. The first-order valence-electron chi connectivity index (χ1n) is 6.02. The molecule has 0 spiro atoms. The van der Waals surface area contributed by atoms with Crippen molar-refractivity contribution in [1.29, 1.82) is 0 Å². The van der Waals surface area contributed by atoms with E-state index in [4.69, 9.17) is 0 Å². The topological polar surface area (TPSA) is 24.9 Å². The molecule has 0 atom stereocenters. The molecular weight excluding hydrogens is 204 g/mol. The van der Waals surface area contributed by atoms with Crippen LogP contribution in [0.25, 0.3) is 0 Å². The average Bonchev–Trinajstić information content (AvgIpc) is 2.80. The highest BCUT2D eigenvalue weighted by Gasteiger charge is 2.19. The number of aromatic nitrogens is 1. The van der Waals surface area contributed by atoms with Crippen LogP contribution >= 0.6 is 11.3 Å². The van der Waals surface area contributed by atoms with Crippen molar-refractivity contribution in [1.82, 2.24) is 4.98 Å². The Balaban J connectivity index is 1.69. The van der Waals surface area contributed by atoms with Crippen molar-refractivity contribution >= 4 is 16.5 Å². The van der Waals surface area contributed by atoms with Crippen molar-refractivity contribution in [2.24, 2.45) is 11.8 Å².